The third kappa shape index (κ3) is 2.67. The number of carbonyl (C=O) groups is 1. The van der Waals surface area contributed by atoms with Gasteiger partial charge in [0.1, 0.15) is 0 Å². The van der Waals surface area contributed by atoms with Crippen LogP contribution in [0.2, 0.25) is 0 Å². The second-order valence-corrected chi connectivity index (χ2v) is 3.39. The van der Waals surface area contributed by atoms with Crippen LogP contribution in [0.3, 0.4) is 0 Å². The van der Waals surface area contributed by atoms with Crippen LogP contribution in [0.4, 0.5) is 5.69 Å². The molecule has 0 atom stereocenters. The summed E-state index contributed by atoms with van der Waals surface area (Å²) in [5.41, 5.74) is 6.55. The Morgan fingerprint density at radius 1 is 1.57 bits per heavy atom. The van der Waals surface area contributed by atoms with Crippen molar-refractivity contribution in [3.8, 4) is 0 Å². The van der Waals surface area contributed by atoms with E-state index in [4.69, 9.17) is 10.5 Å². The van der Waals surface area contributed by atoms with Gasteiger partial charge in [-0.05, 0) is 24.6 Å². The van der Waals surface area contributed by atoms with Crippen LogP contribution < -0.4 is 5.73 Å². The summed E-state index contributed by atoms with van der Waals surface area (Å²) in [6.45, 7) is 2.37. The molecule has 0 aromatic heterocycles. The van der Waals surface area contributed by atoms with E-state index in [1.807, 2.05) is 6.92 Å². The van der Waals surface area contributed by atoms with Gasteiger partial charge in [-0.15, -0.1) is 12.6 Å². The topological polar surface area (TPSA) is 52.3 Å². The van der Waals surface area contributed by atoms with Crippen molar-refractivity contribution in [2.24, 2.45) is 0 Å². The number of carbonyl (C=O) groups excluding carboxylic acids is 1. The highest BCUT2D eigenvalue weighted by Gasteiger charge is 2.07. The maximum atomic E-state index is 11.4. The largest absolute Gasteiger partial charge is 0.462 e. The second kappa shape index (κ2) is 4.91. The van der Waals surface area contributed by atoms with Crippen LogP contribution in [-0.4, -0.2) is 12.6 Å². The Bertz CT molecular complexity index is 339. The number of hydrogen-bond acceptors (Lipinski definition) is 4. The first kappa shape index (κ1) is 10.9. The van der Waals surface area contributed by atoms with Gasteiger partial charge in [0.2, 0.25) is 0 Å². The van der Waals surface area contributed by atoms with Gasteiger partial charge < -0.3 is 10.5 Å². The molecule has 14 heavy (non-hydrogen) atoms. The summed E-state index contributed by atoms with van der Waals surface area (Å²) >= 11 is 4.11. The van der Waals surface area contributed by atoms with Crippen LogP contribution in [0.1, 0.15) is 23.7 Å². The van der Waals surface area contributed by atoms with Gasteiger partial charge in [-0.3, -0.25) is 0 Å². The maximum Gasteiger partial charge on any atom is 0.338 e. The predicted molar refractivity (Wildman–Crippen MR) is 58.7 cm³/mol. The van der Waals surface area contributed by atoms with E-state index in [2.05, 4.69) is 12.6 Å². The monoisotopic (exact) mass is 211 g/mol. The van der Waals surface area contributed by atoms with Gasteiger partial charge in [-0.2, -0.15) is 0 Å². The molecule has 0 fully saturated rings. The number of thiol groups is 1. The number of nitrogen functional groups attached to an aromatic ring is 1. The average Bonchev–Trinajstić information content (AvgIpc) is 2.18. The van der Waals surface area contributed by atoms with Crippen LogP contribution in [-0.2, 0) is 4.74 Å². The summed E-state index contributed by atoms with van der Waals surface area (Å²) in [5.74, 6) is -0.341. The Kier molecular flexibility index (Phi) is 3.83. The molecule has 76 valence electrons. The average molecular weight is 211 g/mol. The quantitative estimate of drug-likeness (QED) is 0.457. The van der Waals surface area contributed by atoms with Gasteiger partial charge in [-0.25, -0.2) is 4.79 Å². The van der Waals surface area contributed by atoms with E-state index in [1.54, 1.807) is 18.2 Å². The Balaban J connectivity index is 2.76. The fraction of sp³-hybridized carbons (Fsp3) is 0.300. The van der Waals surface area contributed by atoms with E-state index in [9.17, 15) is 4.79 Å². The molecule has 0 saturated carbocycles. The normalized spacial score (nSPS) is 9.86. The number of esters is 1. The highest BCUT2D eigenvalue weighted by Crippen LogP contribution is 2.18. The van der Waals surface area contributed by atoms with Crippen molar-refractivity contribution in [1.29, 1.82) is 0 Å². The molecule has 0 heterocycles. The van der Waals surface area contributed by atoms with E-state index in [0.29, 0.717) is 22.8 Å². The first-order valence-corrected chi connectivity index (χ1v) is 4.85. The van der Waals surface area contributed by atoms with Crippen molar-refractivity contribution in [2.75, 3.05) is 12.3 Å². The van der Waals surface area contributed by atoms with Crippen LogP contribution >= 0.6 is 12.6 Å². The van der Waals surface area contributed by atoms with Crippen molar-refractivity contribution in [2.45, 2.75) is 18.2 Å². The van der Waals surface area contributed by atoms with Crippen molar-refractivity contribution in [1.82, 2.24) is 0 Å². The van der Waals surface area contributed by atoms with Gasteiger partial charge in [0.05, 0.1) is 12.2 Å². The first-order chi connectivity index (χ1) is 6.65. The van der Waals surface area contributed by atoms with Gasteiger partial charge in [-0.1, -0.05) is 6.92 Å². The van der Waals surface area contributed by atoms with Crippen LogP contribution in [0.5, 0.6) is 0 Å². The minimum atomic E-state index is -0.341. The molecule has 3 nitrogen and oxygen atoms in total. The zero-order chi connectivity index (χ0) is 10.6. The van der Waals surface area contributed by atoms with E-state index < -0.39 is 0 Å². The Morgan fingerprint density at radius 3 is 2.86 bits per heavy atom. The lowest BCUT2D eigenvalue weighted by molar-refractivity contribution is 0.0505. The highest BCUT2D eigenvalue weighted by atomic mass is 32.1. The molecule has 1 aromatic rings. The summed E-state index contributed by atoms with van der Waals surface area (Å²) in [6.07, 6.45) is 0.811. The number of rotatable bonds is 3. The molecular weight excluding hydrogens is 198 g/mol. The van der Waals surface area contributed by atoms with Crippen LogP contribution in [0.25, 0.3) is 0 Å². The van der Waals surface area contributed by atoms with Gasteiger partial charge in [0.25, 0.3) is 0 Å². The van der Waals surface area contributed by atoms with Crippen molar-refractivity contribution in [3.63, 3.8) is 0 Å². The molecule has 0 aliphatic carbocycles. The molecule has 0 radical (unpaired) electrons. The Morgan fingerprint density at radius 2 is 2.29 bits per heavy atom. The Hall–Kier alpha value is -1.16. The van der Waals surface area contributed by atoms with Crippen molar-refractivity contribution >= 4 is 24.3 Å². The van der Waals surface area contributed by atoms with E-state index in [1.165, 1.54) is 0 Å². The lowest BCUT2D eigenvalue weighted by Gasteiger charge is -2.04. The van der Waals surface area contributed by atoms with Crippen LogP contribution in [0, 0.1) is 0 Å². The number of ether oxygens (including phenoxy) is 1. The predicted octanol–water partition coefficient (Wildman–Crippen LogP) is 2.12. The fourth-order valence-corrected chi connectivity index (χ4v) is 1.10. The summed E-state index contributed by atoms with van der Waals surface area (Å²) in [6, 6.07) is 4.90. The number of hydrogen-bond donors (Lipinski definition) is 2. The molecule has 0 aliphatic rings. The third-order valence-corrected chi connectivity index (χ3v) is 2.11. The minimum absolute atomic E-state index is 0.341. The standard InChI is InChI=1S/C10H13NO2S/c1-2-5-13-10(12)7-3-4-9(14)8(11)6-7/h3-4,6,14H,2,5,11H2,1H3. The number of benzene rings is 1. The first-order valence-electron chi connectivity index (χ1n) is 4.40. The lowest BCUT2D eigenvalue weighted by atomic mass is 10.2. The molecule has 0 unspecified atom stereocenters. The van der Waals surface area contributed by atoms with Crippen LogP contribution in [0.15, 0.2) is 23.1 Å². The summed E-state index contributed by atoms with van der Waals surface area (Å²) in [7, 11) is 0. The molecule has 0 bridgehead atoms. The zero-order valence-electron chi connectivity index (χ0n) is 7.99. The van der Waals surface area contributed by atoms with Gasteiger partial charge in [0, 0.05) is 10.6 Å². The Labute approximate surface area is 88.7 Å². The molecule has 0 aliphatic heterocycles. The lowest BCUT2D eigenvalue weighted by Crippen LogP contribution is -2.06. The maximum absolute atomic E-state index is 11.4. The van der Waals surface area contributed by atoms with E-state index >= 15 is 0 Å². The minimum Gasteiger partial charge on any atom is -0.462 e. The highest BCUT2D eigenvalue weighted by molar-refractivity contribution is 7.80. The SMILES string of the molecule is CCCOC(=O)c1ccc(S)c(N)c1. The fourth-order valence-electron chi connectivity index (χ4n) is 0.960. The summed E-state index contributed by atoms with van der Waals surface area (Å²) < 4.78 is 4.95. The van der Waals surface area contributed by atoms with Crippen molar-refractivity contribution < 1.29 is 9.53 Å². The second-order valence-electron chi connectivity index (χ2n) is 2.91. The van der Waals surface area contributed by atoms with Gasteiger partial charge >= 0.3 is 5.97 Å². The number of nitrogens with two attached hydrogens (primary N) is 1. The molecule has 1 aromatic carbocycles. The van der Waals surface area contributed by atoms with E-state index in [0.717, 1.165) is 6.42 Å². The third-order valence-electron chi connectivity index (χ3n) is 1.70. The molecular formula is C10H13NO2S. The molecule has 0 saturated heterocycles. The molecule has 2 N–H and O–H groups in total. The van der Waals surface area contributed by atoms with E-state index in [-0.39, 0.29) is 5.97 Å². The molecule has 4 heteroatoms. The number of anilines is 1. The molecule has 0 spiro atoms. The molecule has 1 rings (SSSR count). The zero-order valence-corrected chi connectivity index (χ0v) is 8.88. The molecule has 0 amide bonds. The summed E-state index contributed by atoms with van der Waals surface area (Å²) in [4.78, 5) is 12.0. The smallest absolute Gasteiger partial charge is 0.338 e. The van der Waals surface area contributed by atoms with Gasteiger partial charge in [0.15, 0.2) is 0 Å². The summed E-state index contributed by atoms with van der Waals surface area (Å²) in [5, 5.41) is 0. The van der Waals surface area contributed by atoms with Crippen molar-refractivity contribution in [3.05, 3.63) is 23.8 Å².